The highest BCUT2D eigenvalue weighted by molar-refractivity contribution is 5.82. The largest absolute Gasteiger partial charge is 0.341 e. The molecule has 3 aliphatic heterocycles. The van der Waals surface area contributed by atoms with Crippen molar-refractivity contribution in [3.8, 4) is 0 Å². The van der Waals surface area contributed by atoms with Crippen LogP contribution in [0.15, 0.2) is 0 Å². The molecule has 3 rings (SSSR count). The highest BCUT2D eigenvalue weighted by Crippen LogP contribution is 2.23. The number of likely N-dealkylation sites (N-methyl/N-ethyl adjacent to an activating group) is 1. The second kappa shape index (κ2) is 8.14. The molecule has 1 atom stereocenters. The molecule has 0 bridgehead atoms. The van der Waals surface area contributed by atoms with E-state index in [-0.39, 0.29) is 6.04 Å². The van der Waals surface area contributed by atoms with Gasteiger partial charge in [0.1, 0.15) is 0 Å². The van der Waals surface area contributed by atoms with E-state index in [2.05, 4.69) is 21.7 Å². The van der Waals surface area contributed by atoms with Gasteiger partial charge < -0.3 is 9.80 Å². The van der Waals surface area contributed by atoms with Crippen LogP contribution < -0.4 is 0 Å². The summed E-state index contributed by atoms with van der Waals surface area (Å²) in [6.07, 6.45) is 7.33. The average molecular weight is 295 g/mol. The molecule has 3 heterocycles. The Labute approximate surface area is 130 Å². The first kappa shape index (κ1) is 16.8. The Balaban J connectivity index is 0.000000774. The van der Waals surface area contributed by atoms with Crippen molar-refractivity contribution in [3.63, 3.8) is 0 Å². The van der Waals surface area contributed by atoms with Crippen LogP contribution in [0.4, 0.5) is 0 Å². The van der Waals surface area contributed by atoms with E-state index < -0.39 is 0 Å². The molecule has 0 aromatic rings. The van der Waals surface area contributed by atoms with Gasteiger partial charge in [0.25, 0.3) is 0 Å². The minimum Gasteiger partial charge on any atom is -0.341 e. The van der Waals surface area contributed by atoms with E-state index in [1.54, 1.807) is 0 Å². The molecular weight excluding hydrogens is 262 g/mol. The lowest BCUT2D eigenvalue weighted by atomic mass is 10.0. The van der Waals surface area contributed by atoms with E-state index in [9.17, 15) is 4.79 Å². The fraction of sp³-hybridized carbons (Fsp3) is 0.941. The van der Waals surface area contributed by atoms with Crippen molar-refractivity contribution in [1.82, 2.24) is 14.7 Å². The average Bonchev–Trinajstić information content (AvgIpc) is 3.20. The van der Waals surface area contributed by atoms with Crippen molar-refractivity contribution in [2.24, 2.45) is 0 Å². The highest BCUT2D eigenvalue weighted by atomic mass is 16.2. The predicted octanol–water partition coefficient (Wildman–Crippen LogP) is 2.19. The summed E-state index contributed by atoms with van der Waals surface area (Å²) in [6, 6.07) is 0.913. The Bertz CT molecular complexity index is 320. The minimum atomic E-state index is 0.170. The van der Waals surface area contributed by atoms with Crippen molar-refractivity contribution in [2.45, 2.75) is 64.5 Å². The Morgan fingerprint density at radius 2 is 1.48 bits per heavy atom. The van der Waals surface area contributed by atoms with Gasteiger partial charge in [-0.2, -0.15) is 0 Å². The maximum absolute atomic E-state index is 12.5. The van der Waals surface area contributed by atoms with Crippen LogP contribution in [0.3, 0.4) is 0 Å². The van der Waals surface area contributed by atoms with Crippen LogP contribution in [-0.2, 0) is 4.79 Å². The van der Waals surface area contributed by atoms with Gasteiger partial charge in [0.05, 0.1) is 6.04 Å². The maximum atomic E-state index is 12.5. The zero-order chi connectivity index (χ0) is 15.2. The molecule has 0 aliphatic carbocycles. The molecule has 0 N–H and O–H groups in total. The number of amides is 1. The summed E-state index contributed by atoms with van der Waals surface area (Å²) in [4.78, 5) is 19.5. The molecule has 21 heavy (non-hydrogen) atoms. The summed E-state index contributed by atoms with van der Waals surface area (Å²) in [5, 5.41) is 0. The number of piperidine rings is 1. The number of nitrogens with zero attached hydrogens (tertiary/aromatic N) is 3. The lowest BCUT2D eigenvalue weighted by Gasteiger charge is -2.38. The maximum Gasteiger partial charge on any atom is 0.239 e. The van der Waals surface area contributed by atoms with Gasteiger partial charge in [0.15, 0.2) is 0 Å². The van der Waals surface area contributed by atoms with Crippen LogP contribution in [0.5, 0.6) is 0 Å². The molecule has 0 spiro atoms. The monoisotopic (exact) mass is 295 g/mol. The minimum absolute atomic E-state index is 0.170. The van der Waals surface area contributed by atoms with Crippen molar-refractivity contribution in [1.29, 1.82) is 0 Å². The first-order valence-electron chi connectivity index (χ1n) is 8.99. The van der Waals surface area contributed by atoms with E-state index in [1.165, 1.54) is 45.2 Å². The second-order valence-electron chi connectivity index (χ2n) is 6.44. The summed E-state index contributed by atoms with van der Waals surface area (Å²) >= 11 is 0. The van der Waals surface area contributed by atoms with Gasteiger partial charge in [-0.3, -0.25) is 9.69 Å². The quantitative estimate of drug-likeness (QED) is 0.781. The van der Waals surface area contributed by atoms with Crippen LogP contribution in [0.25, 0.3) is 0 Å². The Hall–Kier alpha value is -0.610. The van der Waals surface area contributed by atoms with Gasteiger partial charge in [0.2, 0.25) is 5.91 Å². The fourth-order valence-electron chi connectivity index (χ4n) is 3.99. The Kier molecular flexibility index (Phi) is 6.49. The summed E-state index contributed by atoms with van der Waals surface area (Å²) < 4.78 is 0. The van der Waals surface area contributed by atoms with Gasteiger partial charge in [-0.15, -0.1) is 0 Å². The van der Waals surface area contributed by atoms with E-state index >= 15 is 0 Å². The molecule has 3 fully saturated rings. The van der Waals surface area contributed by atoms with Gasteiger partial charge >= 0.3 is 0 Å². The highest BCUT2D eigenvalue weighted by Gasteiger charge is 2.34. The first-order chi connectivity index (χ1) is 10.3. The SMILES string of the molecule is CC.CN1CCC[C@@H]1C(=O)N1CCC(N2CCCC2)CC1. The molecule has 4 nitrogen and oxygen atoms in total. The number of rotatable bonds is 2. The number of hydrogen-bond donors (Lipinski definition) is 0. The molecule has 3 saturated heterocycles. The van der Waals surface area contributed by atoms with Crippen LogP contribution in [0, 0.1) is 0 Å². The predicted molar refractivity (Wildman–Crippen MR) is 87.4 cm³/mol. The lowest BCUT2D eigenvalue weighted by molar-refractivity contribution is -0.137. The van der Waals surface area contributed by atoms with Crippen LogP contribution in [0.1, 0.15) is 52.4 Å². The van der Waals surface area contributed by atoms with Crippen molar-refractivity contribution in [3.05, 3.63) is 0 Å². The summed E-state index contributed by atoms with van der Waals surface area (Å²) in [5.74, 6) is 0.389. The molecule has 0 aromatic carbocycles. The van der Waals surface area contributed by atoms with Crippen molar-refractivity contribution >= 4 is 5.91 Å². The van der Waals surface area contributed by atoms with Crippen LogP contribution in [0.2, 0.25) is 0 Å². The Morgan fingerprint density at radius 3 is 2.00 bits per heavy atom. The summed E-state index contributed by atoms with van der Waals surface area (Å²) in [7, 11) is 2.09. The molecule has 0 aromatic heterocycles. The molecule has 4 heteroatoms. The summed E-state index contributed by atoms with van der Waals surface area (Å²) in [6.45, 7) is 9.60. The molecule has 122 valence electrons. The van der Waals surface area contributed by atoms with E-state index in [1.807, 2.05) is 13.8 Å². The summed E-state index contributed by atoms with van der Waals surface area (Å²) in [5.41, 5.74) is 0. The third kappa shape index (κ3) is 3.98. The number of hydrogen-bond acceptors (Lipinski definition) is 3. The van der Waals surface area contributed by atoms with Gasteiger partial charge in [-0.25, -0.2) is 0 Å². The first-order valence-corrected chi connectivity index (χ1v) is 8.99. The normalized spacial score (nSPS) is 28.5. The lowest BCUT2D eigenvalue weighted by Crippen LogP contribution is -2.50. The van der Waals surface area contributed by atoms with Gasteiger partial charge in [0, 0.05) is 19.1 Å². The Morgan fingerprint density at radius 1 is 0.857 bits per heavy atom. The standard InChI is InChI=1S/C15H27N3O.C2H6/c1-16-8-4-5-14(16)15(19)18-11-6-13(7-12-18)17-9-2-3-10-17;1-2/h13-14H,2-12H2,1H3;1-2H3/t14-;/m1./s1. The number of carbonyl (C=O) groups excluding carboxylic acids is 1. The molecule has 3 aliphatic rings. The molecular formula is C17H33N3O. The zero-order valence-corrected chi connectivity index (χ0v) is 14.2. The third-order valence-electron chi connectivity index (χ3n) is 5.24. The topological polar surface area (TPSA) is 26.8 Å². The smallest absolute Gasteiger partial charge is 0.239 e. The van der Waals surface area contributed by atoms with E-state index in [0.29, 0.717) is 5.91 Å². The van der Waals surface area contributed by atoms with Gasteiger partial charge in [-0.05, 0) is 65.2 Å². The molecule has 0 radical (unpaired) electrons. The fourth-order valence-corrected chi connectivity index (χ4v) is 3.99. The second-order valence-corrected chi connectivity index (χ2v) is 6.44. The van der Waals surface area contributed by atoms with Crippen LogP contribution in [-0.4, -0.2) is 72.5 Å². The van der Waals surface area contributed by atoms with Crippen LogP contribution >= 0.6 is 0 Å². The van der Waals surface area contributed by atoms with E-state index in [0.717, 1.165) is 32.1 Å². The van der Waals surface area contributed by atoms with E-state index in [4.69, 9.17) is 0 Å². The zero-order valence-electron chi connectivity index (χ0n) is 14.2. The number of carbonyl (C=O) groups is 1. The van der Waals surface area contributed by atoms with Crippen molar-refractivity contribution in [2.75, 3.05) is 39.8 Å². The van der Waals surface area contributed by atoms with Crippen molar-refractivity contribution < 1.29 is 4.79 Å². The molecule has 0 saturated carbocycles. The molecule has 1 amide bonds. The third-order valence-corrected chi connectivity index (χ3v) is 5.24. The van der Waals surface area contributed by atoms with Gasteiger partial charge in [-0.1, -0.05) is 13.8 Å². The number of likely N-dealkylation sites (tertiary alicyclic amines) is 3. The molecule has 0 unspecified atom stereocenters.